The topological polar surface area (TPSA) is 61.7 Å². The summed E-state index contributed by atoms with van der Waals surface area (Å²) >= 11 is 1.39. The van der Waals surface area contributed by atoms with Gasteiger partial charge in [0.15, 0.2) is 5.01 Å². The molecule has 0 aliphatic carbocycles. The Morgan fingerprint density at radius 1 is 1.06 bits per heavy atom. The normalized spacial score (nSPS) is 17.8. The van der Waals surface area contributed by atoms with Crippen molar-refractivity contribution < 1.29 is 9.59 Å². The Bertz CT molecular complexity index is 1080. The molecule has 0 saturated carbocycles. The van der Waals surface area contributed by atoms with Gasteiger partial charge in [0.2, 0.25) is 0 Å². The third kappa shape index (κ3) is 3.85. The largest absolute Gasteiger partial charge is 0.347 e. The summed E-state index contributed by atoms with van der Waals surface area (Å²) in [7, 11) is 0. The lowest BCUT2D eigenvalue weighted by molar-refractivity contribution is 0.00854. The van der Waals surface area contributed by atoms with Crippen molar-refractivity contribution in [3.63, 3.8) is 0 Å². The Kier molecular flexibility index (Phi) is 5.50. The Hall–Kier alpha value is -2.71. The lowest BCUT2D eigenvalue weighted by Gasteiger charge is -2.48. The first-order valence-corrected chi connectivity index (χ1v) is 11.8. The molecule has 0 N–H and O–H groups in total. The molecule has 1 aromatic carbocycles. The number of likely N-dealkylation sites (tertiary alicyclic amines) is 1. The van der Waals surface area contributed by atoms with E-state index in [0.717, 1.165) is 50.1 Å². The van der Waals surface area contributed by atoms with Crippen molar-refractivity contribution in [1.82, 2.24) is 24.3 Å². The van der Waals surface area contributed by atoms with Crippen LogP contribution in [0.2, 0.25) is 0 Å². The second kappa shape index (κ2) is 8.43. The summed E-state index contributed by atoms with van der Waals surface area (Å²) in [5, 5.41) is 3.52. The summed E-state index contributed by atoms with van der Waals surface area (Å²) in [6.07, 6.45) is 4.86. The molecule has 162 valence electrons. The average molecular weight is 438 g/mol. The minimum absolute atomic E-state index is 0.0308. The fourth-order valence-corrected chi connectivity index (χ4v) is 5.16. The van der Waals surface area contributed by atoms with Gasteiger partial charge in [0.25, 0.3) is 11.8 Å². The molecule has 0 unspecified atom stereocenters. The van der Waals surface area contributed by atoms with Crippen LogP contribution in [0, 0.1) is 0 Å². The number of thiazole rings is 1. The van der Waals surface area contributed by atoms with Gasteiger partial charge in [-0.3, -0.25) is 14.5 Å². The first kappa shape index (κ1) is 20.2. The van der Waals surface area contributed by atoms with Gasteiger partial charge in [-0.2, -0.15) is 0 Å². The Morgan fingerprint density at radius 3 is 2.58 bits per heavy atom. The van der Waals surface area contributed by atoms with E-state index in [-0.39, 0.29) is 11.8 Å². The van der Waals surface area contributed by atoms with Gasteiger partial charge in [0, 0.05) is 86.1 Å². The van der Waals surface area contributed by atoms with E-state index in [9.17, 15) is 9.59 Å². The molecule has 2 fully saturated rings. The Balaban J connectivity index is 1.15. The first-order chi connectivity index (χ1) is 15.1. The highest BCUT2D eigenvalue weighted by Gasteiger charge is 2.37. The fraction of sp³-hybridized carbons (Fsp3) is 0.435. The zero-order valence-corrected chi connectivity index (χ0v) is 18.6. The standard InChI is InChI=1S/C23H27N5O2S/c1-2-7-26-8-5-17-14-18(3-4-20(17)26)22(29)28-15-19(16-28)25-9-11-27(12-10-25)23(30)21-24-6-13-31-21/h3-6,8,13-14,19H,2,7,9-12,15-16H2,1H3. The summed E-state index contributed by atoms with van der Waals surface area (Å²) in [6, 6.07) is 8.50. The third-order valence-electron chi connectivity index (χ3n) is 6.37. The number of aromatic nitrogens is 2. The number of carbonyl (C=O) groups excluding carboxylic acids is 2. The molecular formula is C23H27N5O2S. The number of piperazine rings is 1. The molecule has 2 aromatic heterocycles. The van der Waals surface area contributed by atoms with Crippen molar-refractivity contribution in [2.24, 2.45) is 0 Å². The lowest BCUT2D eigenvalue weighted by atomic mass is 10.0. The maximum absolute atomic E-state index is 12.9. The molecule has 5 rings (SSSR count). The van der Waals surface area contributed by atoms with Crippen molar-refractivity contribution >= 4 is 34.1 Å². The Morgan fingerprint density at radius 2 is 1.87 bits per heavy atom. The zero-order chi connectivity index (χ0) is 21.4. The molecular weight excluding hydrogens is 410 g/mol. The van der Waals surface area contributed by atoms with E-state index in [4.69, 9.17) is 0 Å². The van der Waals surface area contributed by atoms with E-state index in [1.54, 1.807) is 6.20 Å². The maximum Gasteiger partial charge on any atom is 0.282 e. The summed E-state index contributed by atoms with van der Waals surface area (Å²) in [5.74, 6) is 0.141. The van der Waals surface area contributed by atoms with Crippen LogP contribution in [0.15, 0.2) is 42.0 Å². The fourth-order valence-electron chi connectivity index (χ4n) is 4.56. The van der Waals surface area contributed by atoms with E-state index < -0.39 is 0 Å². The minimum atomic E-state index is 0.0308. The van der Waals surface area contributed by atoms with Crippen molar-refractivity contribution in [1.29, 1.82) is 0 Å². The number of aryl methyl sites for hydroxylation is 1. The van der Waals surface area contributed by atoms with E-state index in [1.807, 2.05) is 27.3 Å². The van der Waals surface area contributed by atoms with Gasteiger partial charge in [0.05, 0.1) is 0 Å². The molecule has 0 radical (unpaired) electrons. The van der Waals surface area contributed by atoms with E-state index in [1.165, 1.54) is 16.9 Å². The Labute approximate surface area is 185 Å². The number of carbonyl (C=O) groups is 2. The predicted molar refractivity (Wildman–Crippen MR) is 122 cm³/mol. The molecule has 2 aliphatic heterocycles. The third-order valence-corrected chi connectivity index (χ3v) is 7.13. The van der Waals surface area contributed by atoms with Crippen LogP contribution in [0.5, 0.6) is 0 Å². The van der Waals surface area contributed by atoms with Gasteiger partial charge in [-0.1, -0.05) is 6.92 Å². The molecule has 3 aromatic rings. The molecule has 7 nitrogen and oxygen atoms in total. The number of benzene rings is 1. The van der Waals surface area contributed by atoms with Crippen LogP contribution in [0.4, 0.5) is 0 Å². The highest BCUT2D eigenvalue weighted by molar-refractivity contribution is 7.11. The van der Waals surface area contributed by atoms with Gasteiger partial charge >= 0.3 is 0 Å². The number of amides is 2. The van der Waals surface area contributed by atoms with Crippen LogP contribution < -0.4 is 0 Å². The van der Waals surface area contributed by atoms with Gasteiger partial charge in [-0.05, 0) is 30.7 Å². The molecule has 8 heteroatoms. The van der Waals surface area contributed by atoms with E-state index >= 15 is 0 Å². The van der Waals surface area contributed by atoms with Crippen molar-refractivity contribution in [2.75, 3.05) is 39.3 Å². The van der Waals surface area contributed by atoms with Gasteiger partial charge < -0.3 is 14.4 Å². The van der Waals surface area contributed by atoms with Crippen LogP contribution >= 0.6 is 11.3 Å². The van der Waals surface area contributed by atoms with E-state index in [0.29, 0.717) is 24.1 Å². The summed E-state index contributed by atoms with van der Waals surface area (Å²) in [4.78, 5) is 35.8. The number of hydrogen-bond acceptors (Lipinski definition) is 5. The van der Waals surface area contributed by atoms with Crippen molar-refractivity contribution in [3.05, 3.63) is 52.6 Å². The molecule has 2 aliphatic rings. The van der Waals surface area contributed by atoms with Crippen molar-refractivity contribution in [2.45, 2.75) is 25.9 Å². The molecule has 2 amide bonds. The summed E-state index contributed by atoms with van der Waals surface area (Å²) in [6.45, 7) is 7.81. The molecule has 0 atom stereocenters. The monoisotopic (exact) mass is 437 g/mol. The zero-order valence-electron chi connectivity index (χ0n) is 17.7. The smallest absolute Gasteiger partial charge is 0.282 e. The summed E-state index contributed by atoms with van der Waals surface area (Å²) < 4.78 is 2.24. The van der Waals surface area contributed by atoms with Gasteiger partial charge in [0.1, 0.15) is 0 Å². The number of fused-ring (bicyclic) bond motifs is 1. The van der Waals surface area contributed by atoms with Crippen LogP contribution in [-0.4, -0.2) is 81.4 Å². The van der Waals surface area contributed by atoms with Crippen molar-refractivity contribution in [3.8, 4) is 0 Å². The van der Waals surface area contributed by atoms with Crippen LogP contribution in [-0.2, 0) is 6.54 Å². The number of hydrogen-bond donors (Lipinski definition) is 0. The second-order valence-corrected chi connectivity index (χ2v) is 9.21. The highest BCUT2D eigenvalue weighted by atomic mass is 32.1. The summed E-state index contributed by atoms with van der Waals surface area (Å²) in [5.41, 5.74) is 1.95. The SMILES string of the molecule is CCCn1ccc2cc(C(=O)N3CC(N4CCN(C(=O)c5nccs5)CC4)C3)ccc21. The quantitative estimate of drug-likeness (QED) is 0.616. The number of rotatable bonds is 5. The second-order valence-electron chi connectivity index (χ2n) is 8.31. The lowest BCUT2D eigenvalue weighted by Crippen LogP contribution is -2.64. The van der Waals surface area contributed by atoms with E-state index in [2.05, 4.69) is 39.7 Å². The molecule has 0 spiro atoms. The predicted octanol–water partition coefficient (Wildman–Crippen LogP) is 2.79. The van der Waals surface area contributed by atoms with Crippen LogP contribution in [0.1, 0.15) is 33.5 Å². The van der Waals surface area contributed by atoms with Crippen LogP contribution in [0.3, 0.4) is 0 Å². The molecule has 4 heterocycles. The first-order valence-electron chi connectivity index (χ1n) is 10.9. The molecule has 0 bridgehead atoms. The van der Waals surface area contributed by atoms with Gasteiger partial charge in [-0.15, -0.1) is 11.3 Å². The molecule has 31 heavy (non-hydrogen) atoms. The average Bonchev–Trinajstić information content (AvgIpc) is 3.43. The van der Waals surface area contributed by atoms with Crippen LogP contribution in [0.25, 0.3) is 10.9 Å². The van der Waals surface area contributed by atoms with Gasteiger partial charge in [-0.25, -0.2) is 4.98 Å². The minimum Gasteiger partial charge on any atom is -0.347 e. The maximum atomic E-state index is 12.9. The molecule has 2 saturated heterocycles. The highest BCUT2D eigenvalue weighted by Crippen LogP contribution is 2.23. The number of nitrogens with zero attached hydrogens (tertiary/aromatic N) is 5.